The second-order valence-corrected chi connectivity index (χ2v) is 7.45. The maximum atomic E-state index is 12.1. The van der Waals surface area contributed by atoms with E-state index in [0.717, 1.165) is 37.7 Å². The lowest BCUT2D eigenvalue weighted by molar-refractivity contribution is 0.273. The van der Waals surface area contributed by atoms with Crippen LogP contribution in [0.15, 0.2) is 66.7 Å². The predicted molar refractivity (Wildman–Crippen MR) is 118 cm³/mol. The molecule has 0 atom stereocenters. The Bertz CT molecular complexity index is 1120. The molecule has 0 spiro atoms. The van der Waals surface area contributed by atoms with Crippen LogP contribution in [-0.2, 0) is 0 Å². The quantitative estimate of drug-likeness (QED) is 0.329. The first-order chi connectivity index (χ1) is 14.2. The Morgan fingerprint density at radius 1 is 0.897 bits per heavy atom. The molecule has 0 saturated heterocycles. The van der Waals surface area contributed by atoms with Crippen molar-refractivity contribution in [3.63, 3.8) is 0 Å². The van der Waals surface area contributed by atoms with E-state index in [1.165, 1.54) is 0 Å². The average molecular weight is 405 g/mol. The number of hydrogen-bond donors (Lipinski definition) is 0. The fourth-order valence-electron chi connectivity index (χ4n) is 2.92. The topological polar surface area (TPSA) is 31.4 Å². The van der Waals surface area contributed by atoms with Crippen molar-refractivity contribution in [3.8, 4) is 22.1 Å². The van der Waals surface area contributed by atoms with E-state index in [1.807, 2.05) is 48.5 Å². The van der Waals surface area contributed by atoms with Gasteiger partial charge in [0.15, 0.2) is 0 Å². The van der Waals surface area contributed by atoms with Gasteiger partial charge in [0.2, 0.25) is 0 Å². The molecule has 0 aliphatic heterocycles. The number of rotatable bonds is 7. The number of alkyl halides is 1. The second-order valence-electron chi connectivity index (χ2n) is 6.41. The van der Waals surface area contributed by atoms with Gasteiger partial charge < -0.3 is 9.47 Å². The lowest BCUT2D eigenvalue weighted by Crippen LogP contribution is -1.98. The van der Waals surface area contributed by atoms with Crippen molar-refractivity contribution in [2.24, 2.45) is 0 Å². The molecule has 0 fully saturated rings. The minimum Gasteiger partial charge on any atom is -0.497 e. The van der Waals surface area contributed by atoms with Crippen LogP contribution in [0.1, 0.15) is 11.1 Å². The molecular weight excluding hydrogens is 385 g/mol. The van der Waals surface area contributed by atoms with Crippen molar-refractivity contribution >= 4 is 33.7 Å². The normalized spacial score (nSPS) is 11.2. The Kier molecular flexibility index (Phi) is 5.86. The number of hydrogen-bond acceptors (Lipinski definition) is 4. The van der Waals surface area contributed by atoms with Crippen LogP contribution in [0, 0.1) is 0 Å². The maximum Gasteiger partial charge on any atom is 0.124 e. The van der Waals surface area contributed by atoms with Gasteiger partial charge in [-0.15, -0.1) is 11.3 Å². The van der Waals surface area contributed by atoms with Crippen LogP contribution in [0.4, 0.5) is 4.39 Å². The molecular formula is C24H20FNO2S. The van der Waals surface area contributed by atoms with Crippen LogP contribution in [0.3, 0.4) is 0 Å². The molecule has 0 bridgehead atoms. The molecule has 0 radical (unpaired) electrons. The number of nitrogens with zero attached hydrogens (tertiary/aromatic N) is 1. The zero-order chi connectivity index (χ0) is 20.1. The van der Waals surface area contributed by atoms with Crippen molar-refractivity contribution in [2.45, 2.75) is 0 Å². The Balaban J connectivity index is 1.47. The molecule has 1 heterocycles. The molecule has 3 nitrogen and oxygen atoms in total. The van der Waals surface area contributed by atoms with Crippen LogP contribution in [0.5, 0.6) is 11.5 Å². The largest absolute Gasteiger partial charge is 0.497 e. The van der Waals surface area contributed by atoms with Crippen LogP contribution < -0.4 is 9.47 Å². The molecule has 0 aliphatic rings. The third kappa shape index (κ3) is 4.63. The number of methoxy groups -OCH3 is 1. The van der Waals surface area contributed by atoms with Crippen molar-refractivity contribution < 1.29 is 13.9 Å². The average Bonchev–Trinajstić information content (AvgIpc) is 3.20. The molecule has 0 amide bonds. The van der Waals surface area contributed by atoms with Gasteiger partial charge in [-0.3, -0.25) is 0 Å². The Labute approximate surface area is 173 Å². The minimum atomic E-state index is -0.483. The van der Waals surface area contributed by atoms with E-state index in [4.69, 9.17) is 14.5 Å². The highest BCUT2D eigenvalue weighted by Crippen LogP contribution is 2.32. The van der Waals surface area contributed by atoms with Crippen molar-refractivity contribution in [1.82, 2.24) is 4.98 Å². The first kappa shape index (κ1) is 19.2. The summed E-state index contributed by atoms with van der Waals surface area (Å²) in [6, 6.07) is 21.9. The molecule has 4 rings (SSSR count). The molecule has 146 valence electrons. The predicted octanol–water partition coefficient (Wildman–Crippen LogP) is 6.49. The number of thiazole rings is 1. The molecule has 0 N–H and O–H groups in total. The summed E-state index contributed by atoms with van der Waals surface area (Å²) in [7, 11) is 1.67. The van der Waals surface area contributed by atoms with Gasteiger partial charge >= 0.3 is 0 Å². The number of benzene rings is 3. The van der Waals surface area contributed by atoms with Gasteiger partial charge in [-0.05, 0) is 41.5 Å². The number of aromatic nitrogens is 1. The Hall–Kier alpha value is -3.18. The zero-order valence-electron chi connectivity index (χ0n) is 16.0. The van der Waals surface area contributed by atoms with E-state index < -0.39 is 6.67 Å². The van der Waals surface area contributed by atoms with E-state index in [2.05, 4.69) is 30.3 Å². The zero-order valence-corrected chi connectivity index (χ0v) is 16.8. The van der Waals surface area contributed by atoms with Crippen molar-refractivity contribution in [2.75, 3.05) is 20.4 Å². The fraction of sp³-hybridized carbons (Fsp3) is 0.125. The van der Waals surface area contributed by atoms with E-state index in [1.54, 1.807) is 18.4 Å². The van der Waals surface area contributed by atoms with Gasteiger partial charge in [0, 0.05) is 5.56 Å². The smallest absolute Gasteiger partial charge is 0.124 e. The summed E-state index contributed by atoms with van der Waals surface area (Å²) >= 11 is 1.66. The van der Waals surface area contributed by atoms with Gasteiger partial charge in [-0.1, -0.05) is 48.6 Å². The molecule has 5 heteroatoms. The van der Waals surface area contributed by atoms with E-state index in [0.29, 0.717) is 5.75 Å². The molecule has 29 heavy (non-hydrogen) atoms. The molecule has 3 aromatic carbocycles. The third-order valence-electron chi connectivity index (χ3n) is 4.45. The summed E-state index contributed by atoms with van der Waals surface area (Å²) in [4.78, 5) is 4.72. The molecule has 0 unspecified atom stereocenters. The SMILES string of the molecule is COc1ccc2nc(-c3ccc(/C=C/c4ccc(OCCF)cc4)cc3)sc2c1. The van der Waals surface area contributed by atoms with Crippen molar-refractivity contribution in [1.29, 1.82) is 0 Å². The maximum absolute atomic E-state index is 12.1. The number of ether oxygens (including phenoxy) is 2. The standard InChI is InChI=1S/C24H20FNO2S/c1-27-21-12-13-22-23(16-21)29-24(26-22)19-8-4-17(5-9-19)2-3-18-6-10-20(11-7-18)28-15-14-25/h2-13,16H,14-15H2,1H3/b3-2+. The lowest BCUT2D eigenvalue weighted by Gasteiger charge is -2.03. The summed E-state index contributed by atoms with van der Waals surface area (Å²) in [6.07, 6.45) is 4.10. The third-order valence-corrected chi connectivity index (χ3v) is 5.51. The summed E-state index contributed by atoms with van der Waals surface area (Å²) in [6.45, 7) is -0.396. The molecule has 0 aliphatic carbocycles. The highest BCUT2D eigenvalue weighted by molar-refractivity contribution is 7.21. The molecule has 1 aromatic heterocycles. The van der Waals surface area contributed by atoms with E-state index >= 15 is 0 Å². The first-order valence-corrected chi connectivity index (χ1v) is 10.1. The van der Waals surface area contributed by atoms with Crippen LogP contribution in [0.2, 0.25) is 0 Å². The Morgan fingerprint density at radius 3 is 2.21 bits per heavy atom. The first-order valence-electron chi connectivity index (χ1n) is 9.27. The van der Waals surface area contributed by atoms with E-state index in [-0.39, 0.29) is 6.61 Å². The second kappa shape index (κ2) is 8.88. The summed E-state index contributed by atoms with van der Waals surface area (Å²) < 4.78 is 23.8. The molecule has 4 aromatic rings. The lowest BCUT2D eigenvalue weighted by atomic mass is 10.1. The Morgan fingerprint density at radius 2 is 1.55 bits per heavy atom. The number of halogens is 1. The van der Waals surface area contributed by atoms with Crippen molar-refractivity contribution in [3.05, 3.63) is 77.9 Å². The summed E-state index contributed by atoms with van der Waals surface area (Å²) in [5.41, 5.74) is 4.24. The van der Waals surface area contributed by atoms with Gasteiger partial charge in [0.05, 0.1) is 17.3 Å². The van der Waals surface area contributed by atoms with Crippen LogP contribution >= 0.6 is 11.3 Å². The molecule has 0 saturated carbocycles. The van der Waals surface area contributed by atoms with E-state index in [9.17, 15) is 4.39 Å². The van der Waals surface area contributed by atoms with Gasteiger partial charge in [-0.2, -0.15) is 0 Å². The van der Waals surface area contributed by atoms with Gasteiger partial charge in [0.1, 0.15) is 29.8 Å². The summed E-state index contributed by atoms with van der Waals surface area (Å²) in [5, 5.41) is 0.993. The highest BCUT2D eigenvalue weighted by atomic mass is 32.1. The van der Waals surface area contributed by atoms with Crippen LogP contribution in [0.25, 0.3) is 32.9 Å². The highest BCUT2D eigenvalue weighted by Gasteiger charge is 2.07. The fourth-order valence-corrected chi connectivity index (χ4v) is 3.92. The van der Waals surface area contributed by atoms with Gasteiger partial charge in [0.25, 0.3) is 0 Å². The monoisotopic (exact) mass is 405 g/mol. The minimum absolute atomic E-state index is 0.0870. The summed E-state index contributed by atoms with van der Waals surface area (Å²) in [5.74, 6) is 1.52. The van der Waals surface area contributed by atoms with Crippen LogP contribution in [-0.4, -0.2) is 25.4 Å². The number of fused-ring (bicyclic) bond motifs is 1. The van der Waals surface area contributed by atoms with Gasteiger partial charge in [-0.25, -0.2) is 9.37 Å².